The molecule has 1 saturated heterocycles. The average molecular weight is 462 g/mol. The largest absolute Gasteiger partial charge is 0.489 e. The molecular weight excluding hydrogens is 444 g/mol. The zero-order valence-corrected chi connectivity index (χ0v) is 15.8. The quantitative estimate of drug-likeness (QED) is 0.572. The highest BCUT2D eigenvalue weighted by Gasteiger charge is 2.60. The van der Waals surface area contributed by atoms with Crippen LogP contribution in [0.1, 0.15) is 37.8 Å². The van der Waals surface area contributed by atoms with Crippen molar-refractivity contribution in [3.63, 3.8) is 0 Å². The number of hydrogen-bond donors (Lipinski definition) is 0. The number of likely N-dealkylation sites (tertiary alicyclic amines) is 1. The lowest BCUT2D eigenvalue weighted by Crippen LogP contribution is -2.53. The van der Waals surface area contributed by atoms with Crippen LogP contribution in [0.2, 0.25) is 0 Å². The van der Waals surface area contributed by atoms with Gasteiger partial charge in [-0.2, -0.15) is 26.3 Å². The molecule has 13 heteroatoms. The van der Waals surface area contributed by atoms with Crippen molar-refractivity contribution in [2.75, 3.05) is 13.1 Å². The first kappa shape index (κ1) is 23.3. The van der Waals surface area contributed by atoms with Crippen LogP contribution in [0.25, 0.3) is 0 Å². The van der Waals surface area contributed by atoms with Gasteiger partial charge in [-0.05, 0) is 43.2 Å². The lowest BCUT2D eigenvalue weighted by atomic mass is 9.61. The van der Waals surface area contributed by atoms with E-state index in [9.17, 15) is 39.9 Å². The summed E-state index contributed by atoms with van der Waals surface area (Å²) >= 11 is 0. The third-order valence-electron chi connectivity index (χ3n) is 5.50. The molecule has 0 aromatic carbocycles. The molecule has 1 spiro atoms. The van der Waals surface area contributed by atoms with Gasteiger partial charge in [0.25, 0.3) is 12.5 Å². The summed E-state index contributed by atoms with van der Waals surface area (Å²) in [6.07, 6.45) is -17.2. The van der Waals surface area contributed by atoms with Crippen molar-refractivity contribution in [1.82, 2.24) is 9.88 Å². The maximum atomic E-state index is 12.5. The van der Waals surface area contributed by atoms with Crippen LogP contribution < -0.4 is 4.74 Å². The molecule has 31 heavy (non-hydrogen) atoms. The Morgan fingerprint density at radius 3 is 2.10 bits per heavy atom. The molecule has 174 valence electrons. The first-order valence-corrected chi connectivity index (χ1v) is 9.29. The monoisotopic (exact) mass is 462 g/mol. The number of rotatable bonds is 4. The van der Waals surface area contributed by atoms with Gasteiger partial charge in [-0.1, -0.05) is 0 Å². The molecule has 0 atom stereocenters. The molecule has 1 saturated carbocycles. The first-order chi connectivity index (χ1) is 14.3. The zero-order chi connectivity index (χ0) is 23.0. The van der Waals surface area contributed by atoms with E-state index in [1.165, 1.54) is 12.3 Å². The number of carbonyl (C=O) groups excluding carboxylic acids is 1. The van der Waals surface area contributed by atoms with Gasteiger partial charge in [0.2, 0.25) is 0 Å². The lowest BCUT2D eigenvalue weighted by Gasteiger charge is -2.51. The maximum absolute atomic E-state index is 12.5. The smallest absolute Gasteiger partial charge is 0.434 e. The molecule has 0 bridgehead atoms. The summed E-state index contributed by atoms with van der Waals surface area (Å²) in [5.74, 6) is 0.315. The fraction of sp³-hybridized carbons (Fsp3) is 0.667. The van der Waals surface area contributed by atoms with Crippen LogP contribution in [0.15, 0.2) is 18.3 Å². The standard InChI is InChI=1S/C18H18F8N2O3/c19-13(20)12-2-1-10(9-27-12)30-11-7-16(8-11)3-5-28(6-4-16)15(29)31-14(17(21,22)23)18(24,25)26/h1-2,9,11,13-14H,3-8H2. The van der Waals surface area contributed by atoms with Crippen molar-refractivity contribution in [2.45, 2.75) is 56.7 Å². The van der Waals surface area contributed by atoms with Gasteiger partial charge in [-0.15, -0.1) is 0 Å². The molecule has 5 nitrogen and oxygen atoms in total. The van der Waals surface area contributed by atoms with E-state index in [1.54, 1.807) is 0 Å². The first-order valence-electron chi connectivity index (χ1n) is 9.29. The number of halogens is 8. The van der Waals surface area contributed by atoms with Crippen molar-refractivity contribution in [1.29, 1.82) is 0 Å². The van der Waals surface area contributed by atoms with Gasteiger partial charge in [0.1, 0.15) is 11.4 Å². The normalized spacial score (nSPS) is 19.6. The number of pyridine rings is 1. The van der Waals surface area contributed by atoms with Gasteiger partial charge < -0.3 is 14.4 Å². The summed E-state index contributed by atoms with van der Waals surface area (Å²) in [5.41, 5.74) is -0.624. The molecule has 0 N–H and O–H groups in total. The van der Waals surface area contributed by atoms with E-state index in [-0.39, 0.29) is 30.3 Å². The van der Waals surface area contributed by atoms with Crippen LogP contribution in [0.3, 0.4) is 0 Å². The van der Waals surface area contributed by atoms with E-state index in [1.807, 2.05) is 0 Å². The minimum Gasteiger partial charge on any atom is -0.489 e. The SMILES string of the molecule is O=C(OC(C(F)(F)F)C(F)(F)F)N1CCC2(CC1)CC(Oc1ccc(C(F)F)nc1)C2. The van der Waals surface area contributed by atoms with Crippen LogP contribution in [0, 0.1) is 5.41 Å². The van der Waals surface area contributed by atoms with Gasteiger partial charge in [0.05, 0.1) is 12.3 Å². The summed E-state index contributed by atoms with van der Waals surface area (Å²) in [5, 5.41) is 0. The van der Waals surface area contributed by atoms with Crippen molar-refractivity contribution in [3.05, 3.63) is 24.0 Å². The molecule has 1 aliphatic heterocycles. The molecular formula is C18H18F8N2O3. The van der Waals surface area contributed by atoms with Crippen LogP contribution in [-0.4, -0.2) is 53.6 Å². The lowest BCUT2D eigenvalue weighted by molar-refractivity contribution is -0.308. The van der Waals surface area contributed by atoms with E-state index in [0.29, 0.717) is 31.4 Å². The summed E-state index contributed by atoms with van der Waals surface area (Å²) in [4.78, 5) is 16.2. The Kier molecular flexibility index (Phi) is 6.25. The van der Waals surface area contributed by atoms with Gasteiger partial charge in [-0.3, -0.25) is 4.98 Å². The molecule has 0 radical (unpaired) electrons. The zero-order valence-electron chi connectivity index (χ0n) is 15.8. The number of alkyl halides is 8. The van der Waals surface area contributed by atoms with Crippen molar-refractivity contribution in [2.24, 2.45) is 5.41 Å². The summed E-state index contributed by atoms with van der Waals surface area (Å²) < 4.78 is 110. The van der Waals surface area contributed by atoms with Gasteiger partial charge in [0, 0.05) is 13.1 Å². The predicted octanol–water partition coefficient (Wildman–Crippen LogP) is 5.27. The van der Waals surface area contributed by atoms with Crippen molar-refractivity contribution >= 4 is 6.09 Å². The topological polar surface area (TPSA) is 51.7 Å². The Balaban J connectivity index is 1.47. The minimum absolute atomic E-state index is 0.0430. The van der Waals surface area contributed by atoms with Crippen LogP contribution in [0.4, 0.5) is 39.9 Å². The Labute approximate surface area is 171 Å². The fourth-order valence-corrected chi connectivity index (χ4v) is 3.84. The molecule has 0 unspecified atom stereocenters. The number of aromatic nitrogens is 1. The van der Waals surface area contributed by atoms with Gasteiger partial charge in [0.15, 0.2) is 0 Å². The molecule has 1 aromatic heterocycles. The molecule has 1 amide bonds. The van der Waals surface area contributed by atoms with Crippen LogP contribution in [-0.2, 0) is 4.74 Å². The van der Waals surface area contributed by atoms with Gasteiger partial charge >= 0.3 is 18.4 Å². The molecule has 1 aliphatic carbocycles. The second kappa shape index (κ2) is 8.30. The van der Waals surface area contributed by atoms with Crippen LogP contribution in [0.5, 0.6) is 5.75 Å². The van der Waals surface area contributed by atoms with Crippen molar-refractivity contribution in [3.8, 4) is 5.75 Å². The highest BCUT2D eigenvalue weighted by Crippen LogP contribution is 2.50. The maximum Gasteiger partial charge on any atom is 0.434 e. The molecule has 2 heterocycles. The number of ether oxygens (including phenoxy) is 2. The molecule has 3 rings (SSSR count). The highest BCUT2D eigenvalue weighted by atomic mass is 19.4. The van der Waals surface area contributed by atoms with E-state index in [2.05, 4.69) is 9.72 Å². The number of carbonyl (C=O) groups is 1. The summed E-state index contributed by atoms with van der Waals surface area (Å²) in [6.45, 7) is -0.0861. The fourth-order valence-electron chi connectivity index (χ4n) is 3.84. The van der Waals surface area contributed by atoms with Crippen LogP contribution >= 0.6 is 0 Å². The number of hydrogen-bond acceptors (Lipinski definition) is 4. The van der Waals surface area contributed by atoms with E-state index in [4.69, 9.17) is 4.74 Å². The van der Waals surface area contributed by atoms with E-state index in [0.717, 1.165) is 11.0 Å². The summed E-state index contributed by atoms with van der Waals surface area (Å²) in [7, 11) is 0. The summed E-state index contributed by atoms with van der Waals surface area (Å²) in [6, 6.07) is 2.52. The predicted molar refractivity (Wildman–Crippen MR) is 88.5 cm³/mol. The highest BCUT2D eigenvalue weighted by molar-refractivity contribution is 5.68. The molecule has 2 aliphatic rings. The second-order valence-corrected chi connectivity index (χ2v) is 7.70. The minimum atomic E-state index is -5.76. The number of piperidine rings is 1. The third-order valence-corrected chi connectivity index (χ3v) is 5.50. The third kappa shape index (κ3) is 5.48. The van der Waals surface area contributed by atoms with E-state index >= 15 is 0 Å². The average Bonchev–Trinajstić information content (AvgIpc) is 2.64. The number of amides is 1. The Morgan fingerprint density at radius 1 is 1.06 bits per heavy atom. The van der Waals surface area contributed by atoms with E-state index < -0.39 is 31.0 Å². The molecule has 1 aromatic rings. The number of nitrogens with zero attached hydrogens (tertiary/aromatic N) is 2. The Morgan fingerprint density at radius 2 is 1.65 bits per heavy atom. The second-order valence-electron chi connectivity index (χ2n) is 7.70. The Hall–Kier alpha value is -2.34. The Bertz CT molecular complexity index is 751. The van der Waals surface area contributed by atoms with Crippen molar-refractivity contribution < 1.29 is 49.4 Å². The van der Waals surface area contributed by atoms with Gasteiger partial charge in [-0.25, -0.2) is 13.6 Å². The molecule has 2 fully saturated rings.